The lowest BCUT2D eigenvalue weighted by Gasteiger charge is -2.37. The van der Waals surface area contributed by atoms with Gasteiger partial charge >= 0.3 is 0 Å². The summed E-state index contributed by atoms with van der Waals surface area (Å²) < 4.78 is 1.95. The van der Waals surface area contributed by atoms with Crippen molar-refractivity contribution in [2.75, 3.05) is 47.3 Å². The molecule has 28 heavy (non-hydrogen) atoms. The number of aromatic nitrogens is 2. The molecule has 0 spiro atoms. The molecule has 2 aromatic rings. The Balaban J connectivity index is 0.00000280. The van der Waals surface area contributed by atoms with Crippen LogP contribution < -0.4 is 10.6 Å². The second-order valence-corrected chi connectivity index (χ2v) is 7.18. The van der Waals surface area contributed by atoms with Gasteiger partial charge in [0.05, 0.1) is 6.54 Å². The van der Waals surface area contributed by atoms with E-state index in [1.54, 1.807) is 0 Å². The lowest BCUT2D eigenvalue weighted by molar-refractivity contribution is 0.116. The zero-order valence-electron chi connectivity index (χ0n) is 17.0. The van der Waals surface area contributed by atoms with E-state index in [9.17, 15) is 0 Å². The third kappa shape index (κ3) is 6.46. The highest BCUT2D eigenvalue weighted by molar-refractivity contribution is 14.0. The molecule has 1 aromatic carbocycles. The summed E-state index contributed by atoms with van der Waals surface area (Å²) in [6, 6.07) is 10.9. The monoisotopic (exact) mass is 497 g/mol. The average Bonchev–Trinajstić information content (AvgIpc) is 3.18. The summed E-state index contributed by atoms with van der Waals surface area (Å²) in [7, 11) is 6.20. The first-order valence-corrected chi connectivity index (χ1v) is 9.53. The minimum atomic E-state index is 0. The van der Waals surface area contributed by atoms with Crippen molar-refractivity contribution in [3.63, 3.8) is 0 Å². The largest absolute Gasteiger partial charge is 0.355 e. The van der Waals surface area contributed by atoms with Gasteiger partial charge in [-0.1, -0.05) is 24.3 Å². The Labute approximate surface area is 185 Å². The van der Waals surface area contributed by atoms with E-state index in [1.807, 2.05) is 30.2 Å². The van der Waals surface area contributed by atoms with Crippen LogP contribution in [-0.4, -0.2) is 78.9 Å². The fourth-order valence-corrected chi connectivity index (χ4v) is 3.39. The molecule has 1 atom stereocenters. The first-order chi connectivity index (χ1) is 13.2. The number of hydrogen-bond donors (Lipinski definition) is 2. The van der Waals surface area contributed by atoms with Crippen molar-refractivity contribution < 1.29 is 0 Å². The molecule has 0 bridgehead atoms. The lowest BCUT2D eigenvalue weighted by atomic mass is 10.1. The maximum absolute atomic E-state index is 4.38. The van der Waals surface area contributed by atoms with Crippen LogP contribution in [-0.2, 0) is 13.1 Å². The molecule has 0 radical (unpaired) electrons. The molecule has 0 saturated carbocycles. The van der Waals surface area contributed by atoms with E-state index in [2.05, 4.69) is 68.9 Å². The molecule has 154 valence electrons. The van der Waals surface area contributed by atoms with Gasteiger partial charge < -0.3 is 15.5 Å². The van der Waals surface area contributed by atoms with E-state index in [4.69, 9.17) is 0 Å². The lowest BCUT2D eigenvalue weighted by Crippen LogP contribution is -2.55. The van der Waals surface area contributed by atoms with Crippen molar-refractivity contribution in [1.82, 2.24) is 30.2 Å². The van der Waals surface area contributed by atoms with E-state index in [1.165, 1.54) is 11.1 Å². The quantitative estimate of drug-likeness (QED) is 0.360. The van der Waals surface area contributed by atoms with Crippen molar-refractivity contribution in [2.45, 2.75) is 19.1 Å². The summed E-state index contributed by atoms with van der Waals surface area (Å²) in [6.45, 7) is 5.71. The third-order valence-electron chi connectivity index (χ3n) is 5.17. The number of guanidine groups is 1. The number of nitrogens with one attached hydrogen (secondary N) is 2. The second-order valence-electron chi connectivity index (χ2n) is 7.18. The van der Waals surface area contributed by atoms with Crippen LogP contribution in [0, 0.1) is 0 Å². The number of rotatable bonds is 6. The maximum Gasteiger partial charge on any atom is 0.191 e. The van der Waals surface area contributed by atoms with Gasteiger partial charge in [-0.2, -0.15) is 5.10 Å². The van der Waals surface area contributed by atoms with Crippen LogP contribution >= 0.6 is 24.0 Å². The number of piperazine rings is 1. The molecule has 1 aromatic heterocycles. The first kappa shape index (κ1) is 22.6. The van der Waals surface area contributed by atoms with Crippen LogP contribution in [0.5, 0.6) is 0 Å². The fourth-order valence-electron chi connectivity index (χ4n) is 3.39. The van der Waals surface area contributed by atoms with E-state index < -0.39 is 0 Å². The average molecular weight is 497 g/mol. The molecule has 2 heterocycles. The number of aliphatic imine (C=N–C) groups is 1. The van der Waals surface area contributed by atoms with Crippen LogP contribution in [0.15, 0.2) is 47.7 Å². The van der Waals surface area contributed by atoms with Crippen LogP contribution in [0.1, 0.15) is 11.1 Å². The van der Waals surface area contributed by atoms with E-state index in [-0.39, 0.29) is 24.0 Å². The first-order valence-electron chi connectivity index (χ1n) is 9.53. The summed E-state index contributed by atoms with van der Waals surface area (Å²) in [4.78, 5) is 9.18. The van der Waals surface area contributed by atoms with Crippen LogP contribution in [0.4, 0.5) is 0 Å². The zero-order chi connectivity index (χ0) is 19.1. The van der Waals surface area contributed by atoms with E-state index >= 15 is 0 Å². The standard InChI is InChI=1S/C20H31N7.HI/c1-21-20(23-14-19-16-25(2)11-12-26(19)3)22-13-17-7-4-5-8-18(17)15-27-10-6-9-24-27;/h4-10,19H,11-16H2,1-3H3,(H2,21,22,23);1H. The molecular formula is C20H32IN7. The SMILES string of the molecule is CN=C(NCc1ccccc1Cn1cccn1)NCC1CN(C)CCN1C.I. The van der Waals surface area contributed by atoms with Gasteiger partial charge in [-0.05, 0) is 31.3 Å². The van der Waals surface area contributed by atoms with Crippen molar-refractivity contribution in [2.24, 2.45) is 4.99 Å². The van der Waals surface area contributed by atoms with Gasteiger partial charge in [-0.3, -0.25) is 14.6 Å². The minimum absolute atomic E-state index is 0. The molecule has 1 aliphatic rings. The Morgan fingerprint density at radius 3 is 2.64 bits per heavy atom. The fraction of sp³-hybridized carbons (Fsp3) is 0.500. The molecule has 1 saturated heterocycles. The third-order valence-corrected chi connectivity index (χ3v) is 5.17. The van der Waals surface area contributed by atoms with Crippen LogP contribution in [0.2, 0.25) is 0 Å². The Morgan fingerprint density at radius 1 is 1.14 bits per heavy atom. The molecule has 1 aliphatic heterocycles. The van der Waals surface area contributed by atoms with Crippen molar-refractivity contribution in [3.8, 4) is 0 Å². The molecule has 3 rings (SSSR count). The zero-order valence-corrected chi connectivity index (χ0v) is 19.3. The summed E-state index contributed by atoms with van der Waals surface area (Å²) >= 11 is 0. The highest BCUT2D eigenvalue weighted by Gasteiger charge is 2.22. The predicted molar refractivity (Wildman–Crippen MR) is 125 cm³/mol. The van der Waals surface area contributed by atoms with Gasteiger partial charge in [-0.25, -0.2) is 0 Å². The van der Waals surface area contributed by atoms with E-state index in [0.717, 1.165) is 45.2 Å². The molecule has 8 heteroatoms. The van der Waals surface area contributed by atoms with Crippen molar-refractivity contribution in [1.29, 1.82) is 0 Å². The summed E-state index contributed by atoms with van der Waals surface area (Å²) in [5, 5.41) is 11.2. The molecule has 2 N–H and O–H groups in total. The molecule has 0 aliphatic carbocycles. The number of benzene rings is 1. The second kappa shape index (κ2) is 11.4. The maximum atomic E-state index is 4.38. The van der Waals surface area contributed by atoms with Crippen LogP contribution in [0.25, 0.3) is 0 Å². The van der Waals surface area contributed by atoms with Gasteiger partial charge in [0.2, 0.25) is 0 Å². The summed E-state index contributed by atoms with van der Waals surface area (Å²) in [5.41, 5.74) is 2.52. The van der Waals surface area contributed by atoms with Gasteiger partial charge in [0.25, 0.3) is 0 Å². The van der Waals surface area contributed by atoms with E-state index in [0.29, 0.717) is 6.04 Å². The number of hydrogen-bond acceptors (Lipinski definition) is 4. The molecular weight excluding hydrogens is 465 g/mol. The van der Waals surface area contributed by atoms with Gasteiger partial charge in [0.1, 0.15) is 0 Å². The predicted octanol–water partition coefficient (Wildman–Crippen LogP) is 1.46. The highest BCUT2D eigenvalue weighted by Crippen LogP contribution is 2.10. The molecule has 0 amide bonds. The molecule has 7 nitrogen and oxygen atoms in total. The van der Waals surface area contributed by atoms with Gasteiger partial charge in [0.15, 0.2) is 5.96 Å². The summed E-state index contributed by atoms with van der Waals surface area (Å²) in [6.07, 6.45) is 3.80. The van der Waals surface area contributed by atoms with Gasteiger partial charge in [0, 0.05) is 58.2 Å². The Morgan fingerprint density at radius 2 is 1.93 bits per heavy atom. The number of nitrogens with zero attached hydrogens (tertiary/aromatic N) is 5. The molecule has 1 fully saturated rings. The highest BCUT2D eigenvalue weighted by atomic mass is 127. The Hall–Kier alpha value is -1.65. The van der Waals surface area contributed by atoms with Crippen LogP contribution in [0.3, 0.4) is 0 Å². The summed E-state index contributed by atoms with van der Waals surface area (Å²) in [5.74, 6) is 0.838. The molecule has 1 unspecified atom stereocenters. The van der Waals surface area contributed by atoms with Crippen molar-refractivity contribution in [3.05, 3.63) is 53.9 Å². The van der Waals surface area contributed by atoms with Gasteiger partial charge in [-0.15, -0.1) is 24.0 Å². The normalized spacial score (nSPS) is 18.5. The minimum Gasteiger partial charge on any atom is -0.355 e. The smallest absolute Gasteiger partial charge is 0.191 e. The Kier molecular flexibility index (Phi) is 9.20. The van der Waals surface area contributed by atoms with Crippen molar-refractivity contribution >= 4 is 29.9 Å². The topological polar surface area (TPSA) is 60.7 Å². The number of halogens is 1. The Bertz CT molecular complexity index is 732. The number of likely N-dealkylation sites (N-methyl/N-ethyl adjacent to an activating group) is 2.